The summed E-state index contributed by atoms with van der Waals surface area (Å²) >= 11 is 0. The lowest BCUT2D eigenvalue weighted by atomic mass is 10.2. The maximum Gasteiger partial charge on any atom is 0.335 e. The third kappa shape index (κ3) is 3.65. The third-order valence-electron chi connectivity index (χ3n) is 2.59. The normalized spacial score (nSPS) is 10.2. The van der Waals surface area contributed by atoms with Gasteiger partial charge in [-0.15, -0.1) is 0 Å². The number of hydrogen-bond donors (Lipinski definition) is 2. The number of nitrogens with one attached hydrogen (secondary N) is 1. The predicted octanol–water partition coefficient (Wildman–Crippen LogP) is 2.76. The third-order valence-corrected chi connectivity index (χ3v) is 2.59. The fraction of sp³-hybridized carbons (Fsp3) is 0.214. The molecule has 0 spiro atoms. The van der Waals surface area contributed by atoms with Crippen LogP contribution in [0.2, 0.25) is 0 Å². The average molecular weight is 291 g/mol. The molecule has 0 aliphatic rings. The average Bonchev–Trinajstić information content (AvgIpc) is 2.40. The van der Waals surface area contributed by atoms with Crippen molar-refractivity contribution in [3.8, 4) is 5.88 Å². The van der Waals surface area contributed by atoms with Crippen LogP contribution in [0.4, 0.5) is 16.0 Å². The molecular formula is C14H14FN3O3. The number of aryl methyl sites for hydroxylation is 1. The highest BCUT2D eigenvalue weighted by atomic mass is 19.1. The lowest BCUT2D eigenvalue weighted by Crippen LogP contribution is -2.04. The summed E-state index contributed by atoms with van der Waals surface area (Å²) in [4.78, 5) is 19.0. The molecule has 0 aliphatic heterocycles. The fourth-order valence-electron chi connectivity index (χ4n) is 1.69. The van der Waals surface area contributed by atoms with Gasteiger partial charge in [-0.05, 0) is 32.0 Å². The van der Waals surface area contributed by atoms with Crippen molar-refractivity contribution < 1.29 is 19.0 Å². The molecule has 0 amide bonds. The van der Waals surface area contributed by atoms with Crippen LogP contribution in [0.1, 0.15) is 23.0 Å². The maximum atomic E-state index is 13.8. The van der Waals surface area contributed by atoms with Gasteiger partial charge in [-0.2, -0.15) is 4.98 Å². The summed E-state index contributed by atoms with van der Waals surface area (Å²) in [5, 5.41) is 11.5. The Balaban J connectivity index is 2.27. The van der Waals surface area contributed by atoms with Gasteiger partial charge in [0.15, 0.2) is 0 Å². The predicted molar refractivity (Wildman–Crippen MR) is 74.6 cm³/mol. The summed E-state index contributed by atoms with van der Waals surface area (Å²) in [6, 6.07) is 5.22. The first-order valence-electron chi connectivity index (χ1n) is 6.28. The Morgan fingerprint density at radius 3 is 2.76 bits per heavy atom. The number of carboxylic acid groups (broad SMARTS) is 1. The van der Waals surface area contributed by atoms with Crippen molar-refractivity contribution in [2.24, 2.45) is 0 Å². The zero-order chi connectivity index (χ0) is 15.4. The largest absolute Gasteiger partial charge is 0.478 e. The molecule has 110 valence electrons. The second kappa shape index (κ2) is 6.17. The number of ether oxygens (including phenoxy) is 1. The minimum Gasteiger partial charge on any atom is -0.478 e. The highest BCUT2D eigenvalue weighted by Crippen LogP contribution is 2.21. The highest BCUT2D eigenvalue weighted by molar-refractivity contribution is 5.88. The SMILES string of the molecule is CCOc1cc(C)nc(Nc2ccc(C(=O)O)cc2F)n1. The van der Waals surface area contributed by atoms with Gasteiger partial charge in [-0.1, -0.05) is 0 Å². The van der Waals surface area contributed by atoms with Crippen LogP contribution in [0, 0.1) is 12.7 Å². The molecule has 0 unspecified atom stereocenters. The van der Waals surface area contributed by atoms with Crippen molar-refractivity contribution in [2.75, 3.05) is 11.9 Å². The summed E-state index contributed by atoms with van der Waals surface area (Å²) in [6.07, 6.45) is 0. The van der Waals surface area contributed by atoms with Crippen LogP contribution < -0.4 is 10.1 Å². The van der Waals surface area contributed by atoms with Crippen molar-refractivity contribution in [3.05, 3.63) is 41.3 Å². The van der Waals surface area contributed by atoms with Gasteiger partial charge < -0.3 is 15.2 Å². The second-order valence-corrected chi connectivity index (χ2v) is 4.23. The summed E-state index contributed by atoms with van der Waals surface area (Å²) in [7, 11) is 0. The maximum absolute atomic E-state index is 13.8. The summed E-state index contributed by atoms with van der Waals surface area (Å²) in [6.45, 7) is 4.05. The van der Waals surface area contributed by atoms with E-state index in [0.29, 0.717) is 18.2 Å². The zero-order valence-electron chi connectivity index (χ0n) is 11.6. The van der Waals surface area contributed by atoms with Crippen molar-refractivity contribution in [2.45, 2.75) is 13.8 Å². The number of hydrogen-bond acceptors (Lipinski definition) is 5. The number of nitrogens with zero attached hydrogens (tertiary/aromatic N) is 2. The molecule has 21 heavy (non-hydrogen) atoms. The number of rotatable bonds is 5. The Morgan fingerprint density at radius 2 is 2.14 bits per heavy atom. The first-order chi connectivity index (χ1) is 9.99. The van der Waals surface area contributed by atoms with Crippen molar-refractivity contribution >= 4 is 17.6 Å². The minimum atomic E-state index is -1.19. The van der Waals surface area contributed by atoms with Crippen LogP contribution in [0.5, 0.6) is 5.88 Å². The van der Waals surface area contributed by atoms with Gasteiger partial charge in [-0.25, -0.2) is 14.2 Å². The lowest BCUT2D eigenvalue weighted by molar-refractivity contribution is 0.0696. The molecule has 6 nitrogen and oxygen atoms in total. The Morgan fingerprint density at radius 1 is 1.38 bits per heavy atom. The fourth-order valence-corrected chi connectivity index (χ4v) is 1.69. The molecule has 2 rings (SSSR count). The Bertz CT molecular complexity index is 677. The van der Waals surface area contributed by atoms with E-state index >= 15 is 0 Å². The summed E-state index contributed by atoms with van der Waals surface area (Å²) < 4.78 is 19.1. The smallest absolute Gasteiger partial charge is 0.335 e. The van der Waals surface area contributed by atoms with Crippen LogP contribution in [-0.2, 0) is 0 Å². The molecule has 0 fully saturated rings. The Labute approximate surface area is 120 Å². The van der Waals surface area contributed by atoms with Crippen molar-refractivity contribution in [3.63, 3.8) is 0 Å². The molecule has 0 saturated heterocycles. The van der Waals surface area contributed by atoms with Gasteiger partial charge in [0, 0.05) is 11.8 Å². The van der Waals surface area contributed by atoms with E-state index in [-0.39, 0.29) is 17.2 Å². The molecule has 0 atom stereocenters. The van der Waals surface area contributed by atoms with Crippen molar-refractivity contribution in [1.29, 1.82) is 0 Å². The second-order valence-electron chi connectivity index (χ2n) is 4.23. The topological polar surface area (TPSA) is 84.3 Å². The monoisotopic (exact) mass is 291 g/mol. The molecule has 1 aromatic heterocycles. The number of aromatic nitrogens is 2. The first-order valence-corrected chi connectivity index (χ1v) is 6.28. The van der Waals surface area contributed by atoms with E-state index in [2.05, 4.69) is 15.3 Å². The Hall–Kier alpha value is -2.70. The van der Waals surface area contributed by atoms with Gasteiger partial charge in [-0.3, -0.25) is 0 Å². The molecule has 2 N–H and O–H groups in total. The van der Waals surface area contributed by atoms with E-state index in [1.807, 2.05) is 6.92 Å². The number of carboxylic acids is 1. The highest BCUT2D eigenvalue weighted by Gasteiger charge is 2.10. The van der Waals surface area contributed by atoms with E-state index < -0.39 is 11.8 Å². The van der Waals surface area contributed by atoms with Gasteiger partial charge in [0.2, 0.25) is 11.8 Å². The Kier molecular flexibility index (Phi) is 4.32. The molecule has 1 aromatic carbocycles. The van der Waals surface area contributed by atoms with Crippen LogP contribution in [0.3, 0.4) is 0 Å². The minimum absolute atomic E-state index is 0.0908. The number of halogens is 1. The molecule has 7 heteroatoms. The molecular weight excluding hydrogens is 277 g/mol. The van der Waals surface area contributed by atoms with Gasteiger partial charge in [0.05, 0.1) is 17.9 Å². The summed E-state index contributed by atoms with van der Waals surface area (Å²) in [5.74, 6) is -1.32. The first kappa shape index (κ1) is 14.7. The number of carbonyl (C=O) groups is 1. The van der Waals surface area contributed by atoms with E-state index in [0.717, 1.165) is 6.07 Å². The molecule has 1 heterocycles. The van der Waals surface area contributed by atoms with E-state index in [4.69, 9.17) is 9.84 Å². The van der Waals surface area contributed by atoms with Crippen LogP contribution in [0.25, 0.3) is 0 Å². The van der Waals surface area contributed by atoms with Crippen LogP contribution in [-0.4, -0.2) is 27.7 Å². The molecule has 2 aromatic rings. The quantitative estimate of drug-likeness (QED) is 0.881. The number of benzene rings is 1. The standard InChI is InChI=1S/C14H14FN3O3/c1-3-21-12-6-8(2)16-14(18-12)17-11-5-4-9(13(19)20)7-10(11)15/h4-7H,3H2,1-2H3,(H,19,20)(H,16,17,18). The van der Waals surface area contributed by atoms with Crippen LogP contribution in [0.15, 0.2) is 24.3 Å². The molecule has 0 bridgehead atoms. The van der Waals surface area contributed by atoms with Gasteiger partial charge >= 0.3 is 5.97 Å². The van der Waals surface area contributed by atoms with Gasteiger partial charge in [0.1, 0.15) is 5.82 Å². The number of anilines is 2. The van der Waals surface area contributed by atoms with Gasteiger partial charge in [0.25, 0.3) is 0 Å². The van der Waals surface area contributed by atoms with E-state index in [1.54, 1.807) is 13.0 Å². The lowest BCUT2D eigenvalue weighted by Gasteiger charge is -2.09. The van der Waals surface area contributed by atoms with Crippen LogP contribution >= 0.6 is 0 Å². The molecule has 0 saturated carbocycles. The summed E-state index contributed by atoms with van der Waals surface area (Å²) in [5.41, 5.74) is 0.629. The van der Waals surface area contributed by atoms with E-state index in [1.165, 1.54) is 12.1 Å². The molecule has 0 aliphatic carbocycles. The molecule has 0 radical (unpaired) electrons. The number of aromatic carboxylic acids is 1. The van der Waals surface area contributed by atoms with Crippen molar-refractivity contribution in [1.82, 2.24) is 9.97 Å². The zero-order valence-corrected chi connectivity index (χ0v) is 11.6. The van der Waals surface area contributed by atoms with E-state index in [9.17, 15) is 9.18 Å².